The SMILES string of the molecule is O=C([O-])c1cn(-c2ccc([N+](=O)[O-])cn2)cn1. The van der Waals surface area contributed by atoms with Crippen LogP contribution in [0.1, 0.15) is 10.5 Å². The van der Waals surface area contributed by atoms with Crippen LogP contribution in [0, 0.1) is 10.1 Å². The molecular weight excluding hydrogens is 228 g/mol. The van der Waals surface area contributed by atoms with Crippen LogP contribution in [0.4, 0.5) is 5.69 Å². The maximum Gasteiger partial charge on any atom is 0.287 e. The fraction of sp³-hybridized carbons (Fsp3) is 0. The Morgan fingerprint density at radius 2 is 2.12 bits per heavy atom. The molecule has 0 aliphatic heterocycles. The number of aromatic carboxylic acids is 1. The molecule has 2 rings (SSSR count). The third kappa shape index (κ3) is 2.09. The summed E-state index contributed by atoms with van der Waals surface area (Å²) in [5.74, 6) is -1.07. The molecule has 0 spiro atoms. The van der Waals surface area contributed by atoms with Crippen molar-refractivity contribution in [2.24, 2.45) is 0 Å². The monoisotopic (exact) mass is 233 g/mol. The van der Waals surface area contributed by atoms with Gasteiger partial charge in [-0.25, -0.2) is 9.97 Å². The zero-order valence-corrected chi connectivity index (χ0v) is 8.31. The number of hydrogen-bond acceptors (Lipinski definition) is 6. The number of nitro groups is 1. The fourth-order valence-corrected chi connectivity index (χ4v) is 1.19. The van der Waals surface area contributed by atoms with Gasteiger partial charge in [0.1, 0.15) is 24.0 Å². The molecule has 8 heteroatoms. The van der Waals surface area contributed by atoms with Crippen molar-refractivity contribution in [3.63, 3.8) is 0 Å². The van der Waals surface area contributed by atoms with E-state index in [0.717, 1.165) is 6.20 Å². The van der Waals surface area contributed by atoms with Crippen LogP contribution in [0.25, 0.3) is 5.82 Å². The highest BCUT2D eigenvalue weighted by Gasteiger charge is 2.07. The van der Waals surface area contributed by atoms with Crippen molar-refractivity contribution in [3.05, 3.63) is 46.7 Å². The molecule has 0 atom stereocenters. The van der Waals surface area contributed by atoms with Crippen molar-refractivity contribution in [2.75, 3.05) is 0 Å². The zero-order valence-electron chi connectivity index (χ0n) is 8.31. The van der Waals surface area contributed by atoms with Gasteiger partial charge in [-0.15, -0.1) is 0 Å². The molecule has 0 saturated heterocycles. The summed E-state index contributed by atoms with van der Waals surface area (Å²) in [7, 11) is 0. The summed E-state index contributed by atoms with van der Waals surface area (Å²) < 4.78 is 1.33. The lowest BCUT2D eigenvalue weighted by molar-refractivity contribution is -0.385. The highest BCUT2D eigenvalue weighted by molar-refractivity contribution is 5.83. The molecule has 17 heavy (non-hydrogen) atoms. The van der Waals surface area contributed by atoms with Crippen molar-refractivity contribution >= 4 is 11.7 Å². The van der Waals surface area contributed by atoms with Crippen molar-refractivity contribution in [1.82, 2.24) is 14.5 Å². The Labute approximate surface area is 94.3 Å². The van der Waals surface area contributed by atoms with Gasteiger partial charge < -0.3 is 9.90 Å². The first-order valence-electron chi connectivity index (χ1n) is 4.44. The number of carbonyl (C=O) groups is 1. The smallest absolute Gasteiger partial charge is 0.287 e. The summed E-state index contributed by atoms with van der Waals surface area (Å²) in [5.41, 5.74) is -0.376. The molecule has 0 N–H and O–H groups in total. The number of imidazole rings is 1. The molecule has 2 aromatic heterocycles. The summed E-state index contributed by atoms with van der Waals surface area (Å²) in [6.07, 6.45) is 3.52. The summed E-state index contributed by atoms with van der Waals surface area (Å²) in [4.78, 5) is 27.7. The minimum atomic E-state index is -1.40. The number of aromatic nitrogens is 3. The van der Waals surface area contributed by atoms with Crippen LogP contribution >= 0.6 is 0 Å². The molecule has 0 fully saturated rings. The van der Waals surface area contributed by atoms with E-state index < -0.39 is 10.9 Å². The minimum Gasteiger partial charge on any atom is -0.543 e. The van der Waals surface area contributed by atoms with E-state index in [2.05, 4.69) is 9.97 Å². The van der Waals surface area contributed by atoms with E-state index in [4.69, 9.17) is 0 Å². The van der Waals surface area contributed by atoms with Gasteiger partial charge in [-0.3, -0.25) is 14.7 Å². The summed E-state index contributed by atoms with van der Waals surface area (Å²) >= 11 is 0. The van der Waals surface area contributed by atoms with Crippen LogP contribution in [0.2, 0.25) is 0 Å². The molecule has 8 nitrogen and oxygen atoms in total. The third-order valence-corrected chi connectivity index (χ3v) is 2.00. The predicted octanol–water partition coefficient (Wildman–Crippen LogP) is -0.461. The van der Waals surface area contributed by atoms with Crippen molar-refractivity contribution < 1.29 is 14.8 Å². The minimum absolute atomic E-state index is 0.144. The summed E-state index contributed by atoms with van der Waals surface area (Å²) in [6.45, 7) is 0. The lowest BCUT2D eigenvalue weighted by atomic mass is 10.4. The topological polar surface area (TPSA) is 114 Å². The van der Waals surface area contributed by atoms with Gasteiger partial charge in [0, 0.05) is 12.3 Å². The van der Waals surface area contributed by atoms with Crippen molar-refractivity contribution in [1.29, 1.82) is 0 Å². The van der Waals surface area contributed by atoms with Crippen molar-refractivity contribution in [3.8, 4) is 5.82 Å². The average Bonchev–Trinajstić information content (AvgIpc) is 2.78. The molecule has 0 aliphatic carbocycles. The number of rotatable bonds is 3. The Hall–Kier alpha value is -2.77. The van der Waals surface area contributed by atoms with Gasteiger partial charge in [0.15, 0.2) is 0 Å². The lowest BCUT2D eigenvalue weighted by Gasteiger charge is -1.99. The number of carbonyl (C=O) groups excluding carboxylic acids is 1. The molecule has 86 valence electrons. The number of hydrogen-bond donors (Lipinski definition) is 0. The number of carboxylic acids is 1. The van der Waals surface area contributed by atoms with Crippen LogP contribution in [0.15, 0.2) is 30.9 Å². The first kappa shape index (κ1) is 10.7. The first-order valence-corrected chi connectivity index (χ1v) is 4.44. The average molecular weight is 233 g/mol. The van der Waals surface area contributed by atoms with Gasteiger partial charge in [-0.2, -0.15) is 0 Å². The Bertz CT molecular complexity index is 575. The number of pyridine rings is 1. The van der Waals surface area contributed by atoms with Crippen LogP contribution < -0.4 is 5.11 Å². The Morgan fingerprint density at radius 1 is 1.35 bits per heavy atom. The summed E-state index contributed by atoms with van der Waals surface area (Å²) in [5, 5.41) is 20.9. The highest BCUT2D eigenvalue weighted by Crippen LogP contribution is 2.12. The zero-order chi connectivity index (χ0) is 12.4. The standard InChI is InChI=1S/C9H6N4O4/c14-9(15)7-4-12(5-11-7)8-2-1-6(3-10-8)13(16)17/h1-5H,(H,14,15)/p-1. The van der Waals surface area contributed by atoms with Crippen LogP contribution in [-0.4, -0.2) is 25.4 Å². The first-order chi connectivity index (χ1) is 8.08. The second-order valence-electron chi connectivity index (χ2n) is 3.09. The molecular formula is C9H5N4O4-. The fourth-order valence-electron chi connectivity index (χ4n) is 1.19. The van der Waals surface area contributed by atoms with Gasteiger partial charge in [-0.1, -0.05) is 0 Å². The Kier molecular flexibility index (Phi) is 2.53. The normalized spacial score (nSPS) is 10.1. The van der Waals surface area contributed by atoms with E-state index >= 15 is 0 Å². The Balaban J connectivity index is 2.33. The molecule has 2 aromatic rings. The highest BCUT2D eigenvalue weighted by atomic mass is 16.6. The predicted molar refractivity (Wildman–Crippen MR) is 52.3 cm³/mol. The molecule has 0 unspecified atom stereocenters. The van der Waals surface area contributed by atoms with E-state index in [0.29, 0.717) is 5.82 Å². The Morgan fingerprint density at radius 3 is 2.59 bits per heavy atom. The molecule has 0 aromatic carbocycles. The van der Waals surface area contributed by atoms with E-state index in [9.17, 15) is 20.0 Å². The van der Waals surface area contributed by atoms with Gasteiger partial charge in [-0.05, 0) is 6.07 Å². The van der Waals surface area contributed by atoms with Crippen molar-refractivity contribution in [2.45, 2.75) is 0 Å². The molecule has 0 amide bonds. The van der Waals surface area contributed by atoms with E-state index in [-0.39, 0.29) is 11.4 Å². The second-order valence-corrected chi connectivity index (χ2v) is 3.09. The van der Waals surface area contributed by atoms with Gasteiger partial charge in [0.2, 0.25) is 0 Å². The molecule has 2 heterocycles. The lowest BCUT2D eigenvalue weighted by Crippen LogP contribution is -2.22. The maximum absolute atomic E-state index is 10.5. The largest absolute Gasteiger partial charge is 0.543 e. The van der Waals surface area contributed by atoms with Crippen LogP contribution in [-0.2, 0) is 0 Å². The van der Waals surface area contributed by atoms with Gasteiger partial charge >= 0.3 is 0 Å². The molecule has 0 radical (unpaired) electrons. The quantitative estimate of drug-likeness (QED) is 0.523. The second kappa shape index (κ2) is 4.00. The van der Waals surface area contributed by atoms with Gasteiger partial charge in [0.25, 0.3) is 5.69 Å². The molecule has 0 aliphatic rings. The summed E-state index contributed by atoms with van der Waals surface area (Å²) in [6, 6.07) is 2.65. The van der Waals surface area contributed by atoms with E-state index in [1.165, 1.54) is 29.2 Å². The van der Waals surface area contributed by atoms with Crippen LogP contribution in [0.3, 0.4) is 0 Å². The van der Waals surface area contributed by atoms with Crippen LogP contribution in [0.5, 0.6) is 0 Å². The molecule has 0 bridgehead atoms. The van der Waals surface area contributed by atoms with E-state index in [1.54, 1.807) is 0 Å². The third-order valence-electron chi connectivity index (χ3n) is 2.00. The number of nitrogens with zero attached hydrogens (tertiary/aromatic N) is 4. The van der Waals surface area contributed by atoms with E-state index in [1.807, 2.05) is 0 Å². The van der Waals surface area contributed by atoms with Gasteiger partial charge in [0.05, 0.1) is 10.9 Å². The molecule has 0 saturated carbocycles. The number of carboxylic acid groups (broad SMARTS) is 1. The maximum atomic E-state index is 10.5.